The Hall–Kier alpha value is -2.57. The summed E-state index contributed by atoms with van der Waals surface area (Å²) in [5, 5.41) is 11.3. The lowest BCUT2D eigenvalue weighted by molar-refractivity contribution is 0.0690. The molecule has 5 nitrogen and oxygen atoms in total. The van der Waals surface area contributed by atoms with Crippen LogP contribution < -0.4 is 5.32 Å². The van der Waals surface area contributed by atoms with Crippen LogP contribution in [0.2, 0.25) is 0 Å². The van der Waals surface area contributed by atoms with Crippen LogP contribution in [-0.4, -0.2) is 21.0 Å². The average molecular weight is 251 g/mol. The van der Waals surface area contributed by atoms with Gasteiger partial charge in [-0.15, -0.1) is 0 Å². The Labute approximate surface area is 100 Å². The lowest BCUT2D eigenvalue weighted by Gasteiger charge is -2.05. The number of carboxylic acid groups (broad SMARTS) is 1. The third-order valence-electron chi connectivity index (χ3n) is 2.05. The number of nitrogens with zero attached hydrogens (tertiary/aromatic N) is 2. The van der Waals surface area contributed by atoms with Gasteiger partial charge in [-0.05, 0) is 12.1 Å². The second-order valence-corrected chi connectivity index (χ2v) is 3.35. The molecular weight excluding hydrogens is 244 g/mol. The van der Waals surface area contributed by atoms with Gasteiger partial charge in [-0.25, -0.2) is 18.6 Å². The van der Waals surface area contributed by atoms with Crippen molar-refractivity contribution < 1.29 is 18.7 Å². The van der Waals surface area contributed by atoms with E-state index in [1.165, 1.54) is 12.3 Å². The summed E-state index contributed by atoms with van der Waals surface area (Å²) in [5.41, 5.74) is -0.00618. The maximum atomic E-state index is 12.9. The minimum atomic E-state index is -1.23. The fraction of sp³-hybridized carbons (Fsp3) is 0. The predicted molar refractivity (Wildman–Crippen MR) is 58.6 cm³/mol. The Morgan fingerprint density at radius 3 is 2.67 bits per heavy atom. The van der Waals surface area contributed by atoms with Gasteiger partial charge in [0.15, 0.2) is 17.3 Å². The van der Waals surface area contributed by atoms with Gasteiger partial charge in [0.1, 0.15) is 5.82 Å². The number of aromatic carboxylic acids is 1. The van der Waals surface area contributed by atoms with E-state index in [9.17, 15) is 13.6 Å². The molecule has 0 aliphatic heterocycles. The zero-order valence-corrected chi connectivity index (χ0v) is 8.89. The summed E-state index contributed by atoms with van der Waals surface area (Å²) < 4.78 is 25.6. The van der Waals surface area contributed by atoms with E-state index in [2.05, 4.69) is 15.3 Å². The molecule has 2 rings (SSSR count). The summed E-state index contributed by atoms with van der Waals surface area (Å²) in [5.74, 6) is -3.08. The summed E-state index contributed by atoms with van der Waals surface area (Å²) in [6, 6.07) is 3.18. The third-order valence-corrected chi connectivity index (χ3v) is 2.05. The molecule has 0 fully saturated rings. The summed E-state index contributed by atoms with van der Waals surface area (Å²) >= 11 is 0. The summed E-state index contributed by atoms with van der Waals surface area (Å²) in [7, 11) is 0. The Morgan fingerprint density at radius 1 is 1.22 bits per heavy atom. The van der Waals surface area contributed by atoms with E-state index in [1.807, 2.05) is 0 Å². The van der Waals surface area contributed by atoms with Crippen molar-refractivity contribution in [2.45, 2.75) is 0 Å². The van der Waals surface area contributed by atoms with Crippen LogP contribution in [0.1, 0.15) is 10.5 Å². The summed E-state index contributed by atoms with van der Waals surface area (Å²) in [6.45, 7) is 0. The predicted octanol–water partition coefficient (Wildman–Crippen LogP) is 2.20. The number of carbonyl (C=O) groups is 1. The number of hydrogen-bond donors (Lipinski definition) is 2. The fourth-order valence-corrected chi connectivity index (χ4v) is 1.25. The summed E-state index contributed by atoms with van der Waals surface area (Å²) in [6.07, 6.45) is 2.35. The molecule has 0 aliphatic carbocycles. The van der Waals surface area contributed by atoms with E-state index in [1.54, 1.807) is 0 Å². The first kappa shape index (κ1) is 11.9. The maximum Gasteiger partial charge on any atom is 0.356 e. The van der Waals surface area contributed by atoms with Crippen LogP contribution in [0.15, 0.2) is 30.6 Å². The molecule has 0 radical (unpaired) electrons. The molecule has 0 spiro atoms. The molecule has 18 heavy (non-hydrogen) atoms. The number of hydrogen-bond acceptors (Lipinski definition) is 4. The van der Waals surface area contributed by atoms with Crippen molar-refractivity contribution >= 4 is 17.5 Å². The summed E-state index contributed by atoms with van der Waals surface area (Å²) in [4.78, 5) is 18.1. The third kappa shape index (κ3) is 2.57. The van der Waals surface area contributed by atoms with Crippen molar-refractivity contribution in [1.29, 1.82) is 0 Å². The van der Waals surface area contributed by atoms with E-state index in [-0.39, 0.29) is 17.2 Å². The monoisotopic (exact) mass is 251 g/mol. The molecule has 0 amide bonds. The highest BCUT2D eigenvalue weighted by Gasteiger charge is 2.07. The SMILES string of the molecule is O=C(O)c1cncc(Nc2ccc(F)c(F)c2)n1. The van der Waals surface area contributed by atoms with E-state index in [0.29, 0.717) is 0 Å². The topological polar surface area (TPSA) is 75.1 Å². The number of anilines is 2. The van der Waals surface area contributed by atoms with Crippen LogP contribution in [0, 0.1) is 11.6 Å². The second kappa shape index (κ2) is 4.74. The highest BCUT2D eigenvalue weighted by atomic mass is 19.2. The second-order valence-electron chi connectivity index (χ2n) is 3.35. The molecule has 0 unspecified atom stereocenters. The Bertz CT molecular complexity index is 605. The average Bonchev–Trinajstić information content (AvgIpc) is 2.34. The van der Waals surface area contributed by atoms with E-state index >= 15 is 0 Å². The maximum absolute atomic E-state index is 12.9. The number of carboxylic acids is 1. The van der Waals surface area contributed by atoms with Crippen LogP contribution >= 0.6 is 0 Å². The first-order valence-corrected chi connectivity index (χ1v) is 4.83. The number of benzene rings is 1. The first-order valence-electron chi connectivity index (χ1n) is 4.83. The molecule has 0 saturated heterocycles. The lowest BCUT2D eigenvalue weighted by atomic mass is 10.3. The molecule has 2 aromatic rings. The molecule has 1 heterocycles. The number of nitrogens with one attached hydrogen (secondary N) is 1. The van der Waals surface area contributed by atoms with Crippen LogP contribution in [-0.2, 0) is 0 Å². The van der Waals surface area contributed by atoms with Crippen molar-refractivity contribution in [3.63, 3.8) is 0 Å². The normalized spacial score (nSPS) is 10.1. The van der Waals surface area contributed by atoms with Gasteiger partial charge in [-0.1, -0.05) is 0 Å². The first-order chi connectivity index (χ1) is 8.56. The molecule has 0 aliphatic rings. The molecular formula is C11H7F2N3O2. The van der Waals surface area contributed by atoms with Gasteiger partial charge in [-0.2, -0.15) is 0 Å². The number of aromatic nitrogens is 2. The van der Waals surface area contributed by atoms with E-state index < -0.39 is 17.6 Å². The lowest BCUT2D eigenvalue weighted by Crippen LogP contribution is -2.04. The molecule has 0 saturated carbocycles. The molecule has 7 heteroatoms. The van der Waals surface area contributed by atoms with E-state index in [4.69, 9.17) is 5.11 Å². The quantitative estimate of drug-likeness (QED) is 0.874. The van der Waals surface area contributed by atoms with Crippen molar-refractivity contribution in [3.8, 4) is 0 Å². The van der Waals surface area contributed by atoms with Crippen LogP contribution in [0.4, 0.5) is 20.3 Å². The van der Waals surface area contributed by atoms with Crippen LogP contribution in [0.3, 0.4) is 0 Å². The molecule has 92 valence electrons. The molecule has 1 aromatic heterocycles. The van der Waals surface area contributed by atoms with Crippen molar-refractivity contribution in [2.75, 3.05) is 5.32 Å². The minimum Gasteiger partial charge on any atom is -0.476 e. The Morgan fingerprint density at radius 2 is 2.00 bits per heavy atom. The Kier molecular flexibility index (Phi) is 3.13. The van der Waals surface area contributed by atoms with Crippen molar-refractivity contribution in [1.82, 2.24) is 9.97 Å². The molecule has 0 atom stereocenters. The van der Waals surface area contributed by atoms with Gasteiger partial charge in [0.2, 0.25) is 0 Å². The van der Waals surface area contributed by atoms with Gasteiger partial charge in [-0.3, -0.25) is 4.98 Å². The van der Waals surface area contributed by atoms with Gasteiger partial charge < -0.3 is 10.4 Å². The molecule has 1 aromatic carbocycles. The van der Waals surface area contributed by atoms with Gasteiger partial charge >= 0.3 is 5.97 Å². The molecule has 0 bridgehead atoms. The largest absolute Gasteiger partial charge is 0.476 e. The van der Waals surface area contributed by atoms with Crippen molar-refractivity contribution in [3.05, 3.63) is 47.9 Å². The number of halogens is 2. The zero-order chi connectivity index (χ0) is 13.1. The molecule has 2 N–H and O–H groups in total. The zero-order valence-electron chi connectivity index (χ0n) is 8.89. The fourth-order valence-electron chi connectivity index (χ4n) is 1.25. The highest BCUT2D eigenvalue weighted by molar-refractivity contribution is 5.85. The van der Waals surface area contributed by atoms with Gasteiger partial charge in [0.25, 0.3) is 0 Å². The highest BCUT2D eigenvalue weighted by Crippen LogP contribution is 2.17. The van der Waals surface area contributed by atoms with Gasteiger partial charge in [0.05, 0.1) is 12.4 Å². The van der Waals surface area contributed by atoms with Crippen LogP contribution in [0.5, 0.6) is 0 Å². The number of rotatable bonds is 3. The Balaban J connectivity index is 2.25. The smallest absolute Gasteiger partial charge is 0.356 e. The van der Waals surface area contributed by atoms with Gasteiger partial charge in [0, 0.05) is 11.8 Å². The minimum absolute atomic E-state index is 0.126. The standard InChI is InChI=1S/C11H7F2N3O2/c12-7-2-1-6(3-8(7)13)15-10-5-14-4-9(16-10)11(17)18/h1-5H,(H,15,16)(H,17,18). The van der Waals surface area contributed by atoms with Crippen molar-refractivity contribution in [2.24, 2.45) is 0 Å². The van der Waals surface area contributed by atoms with Crippen LogP contribution in [0.25, 0.3) is 0 Å². The van der Waals surface area contributed by atoms with E-state index in [0.717, 1.165) is 18.3 Å².